The summed E-state index contributed by atoms with van der Waals surface area (Å²) in [5.41, 5.74) is 2.89. The average molecular weight is 138 g/mol. The standard InChI is InChI=1S/C6H10N4/c1-7-10(2)6-8-4-3-5-9-6/h3-5,7H,1-2H3. The van der Waals surface area contributed by atoms with Crippen LogP contribution in [-0.2, 0) is 0 Å². The van der Waals surface area contributed by atoms with E-state index in [1.807, 2.05) is 14.1 Å². The van der Waals surface area contributed by atoms with E-state index in [-0.39, 0.29) is 0 Å². The molecule has 0 radical (unpaired) electrons. The van der Waals surface area contributed by atoms with Crippen LogP contribution in [0.1, 0.15) is 0 Å². The van der Waals surface area contributed by atoms with Crippen LogP contribution in [-0.4, -0.2) is 24.1 Å². The Kier molecular flexibility index (Phi) is 2.17. The highest BCUT2D eigenvalue weighted by Gasteiger charge is 1.96. The fraction of sp³-hybridized carbons (Fsp3) is 0.333. The summed E-state index contributed by atoms with van der Waals surface area (Å²) in [6.45, 7) is 0. The second kappa shape index (κ2) is 3.12. The van der Waals surface area contributed by atoms with Crippen molar-refractivity contribution in [1.82, 2.24) is 15.4 Å². The number of nitrogens with one attached hydrogen (secondary N) is 1. The predicted molar refractivity (Wildman–Crippen MR) is 39.5 cm³/mol. The Hall–Kier alpha value is -1.16. The fourth-order valence-corrected chi connectivity index (χ4v) is 0.564. The molecule has 54 valence electrons. The lowest BCUT2D eigenvalue weighted by atomic mass is 10.7. The Morgan fingerprint density at radius 2 is 2.00 bits per heavy atom. The predicted octanol–water partition coefficient (Wildman–Crippen LogP) is 0.0472. The molecular formula is C6H10N4. The summed E-state index contributed by atoms with van der Waals surface area (Å²) in [5, 5.41) is 1.74. The molecule has 1 N–H and O–H groups in total. The van der Waals surface area contributed by atoms with E-state index < -0.39 is 0 Å². The van der Waals surface area contributed by atoms with Crippen molar-refractivity contribution in [2.75, 3.05) is 19.1 Å². The lowest BCUT2D eigenvalue weighted by Crippen LogP contribution is -2.31. The quantitative estimate of drug-likeness (QED) is 0.586. The second-order valence-corrected chi connectivity index (χ2v) is 1.83. The third-order valence-corrected chi connectivity index (χ3v) is 1.19. The van der Waals surface area contributed by atoms with E-state index in [1.54, 1.807) is 23.5 Å². The van der Waals surface area contributed by atoms with Gasteiger partial charge in [-0.1, -0.05) is 0 Å². The second-order valence-electron chi connectivity index (χ2n) is 1.83. The van der Waals surface area contributed by atoms with Crippen LogP contribution in [0.3, 0.4) is 0 Å². The molecule has 4 nitrogen and oxygen atoms in total. The van der Waals surface area contributed by atoms with Gasteiger partial charge in [-0.05, 0) is 6.07 Å². The fourth-order valence-electron chi connectivity index (χ4n) is 0.564. The first kappa shape index (κ1) is 6.95. The maximum atomic E-state index is 4.00. The molecule has 0 aliphatic carbocycles. The number of nitrogens with zero attached hydrogens (tertiary/aromatic N) is 3. The topological polar surface area (TPSA) is 41.0 Å². The molecule has 0 spiro atoms. The van der Waals surface area contributed by atoms with Gasteiger partial charge in [0.2, 0.25) is 5.95 Å². The normalized spacial score (nSPS) is 9.40. The SMILES string of the molecule is CNN(C)c1ncccn1. The van der Waals surface area contributed by atoms with Gasteiger partial charge in [0.1, 0.15) is 0 Å². The van der Waals surface area contributed by atoms with Gasteiger partial charge in [-0.3, -0.25) is 5.01 Å². The van der Waals surface area contributed by atoms with Crippen molar-refractivity contribution in [2.24, 2.45) is 0 Å². The number of hydrogen-bond donors (Lipinski definition) is 1. The zero-order valence-corrected chi connectivity index (χ0v) is 6.07. The molecule has 1 aromatic heterocycles. The first-order chi connectivity index (χ1) is 4.84. The van der Waals surface area contributed by atoms with Gasteiger partial charge in [0.15, 0.2) is 0 Å². The molecule has 0 atom stereocenters. The monoisotopic (exact) mass is 138 g/mol. The number of aromatic nitrogens is 2. The lowest BCUT2D eigenvalue weighted by Gasteiger charge is -2.13. The molecule has 1 rings (SSSR count). The van der Waals surface area contributed by atoms with Gasteiger partial charge in [0.25, 0.3) is 0 Å². The maximum Gasteiger partial charge on any atom is 0.239 e. The zero-order valence-electron chi connectivity index (χ0n) is 6.07. The highest BCUT2D eigenvalue weighted by molar-refractivity contribution is 5.23. The highest BCUT2D eigenvalue weighted by Crippen LogP contribution is 1.96. The van der Waals surface area contributed by atoms with Crippen molar-refractivity contribution in [3.63, 3.8) is 0 Å². The molecular weight excluding hydrogens is 128 g/mol. The summed E-state index contributed by atoms with van der Waals surface area (Å²) < 4.78 is 0. The van der Waals surface area contributed by atoms with Crippen LogP contribution >= 0.6 is 0 Å². The molecule has 1 aromatic rings. The molecule has 0 aromatic carbocycles. The smallest absolute Gasteiger partial charge is 0.239 e. The minimum absolute atomic E-state index is 0.671. The van der Waals surface area contributed by atoms with Crippen molar-refractivity contribution in [3.8, 4) is 0 Å². The summed E-state index contributed by atoms with van der Waals surface area (Å²) in [4.78, 5) is 8.00. The minimum Gasteiger partial charge on any atom is -0.279 e. The van der Waals surface area contributed by atoms with Crippen LogP contribution in [0.25, 0.3) is 0 Å². The molecule has 0 saturated carbocycles. The van der Waals surface area contributed by atoms with Crippen LogP contribution in [0.5, 0.6) is 0 Å². The molecule has 0 saturated heterocycles. The van der Waals surface area contributed by atoms with E-state index in [9.17, 15) is 0 Å². The van der Waals surface area contributed by atoms with Crippen LogP contribution < -0.4 is 10.4 Å². The molecule has 1 heterocycles. The summed E-state index contributed by atoms with van der Waals surface area (Å²) in [6, 6.07) is 1.78. The number of anilines is 1. The Morgan fingerprint density at radius 3 is 2.50 bits per heavy atom. The van der Waals surface area contributed by atoms with Gasteiger partial charge < -0.3 is 0 Å². The molecule has 0 amide bonds. The van der Waals surface area contributed by atoms with Gasteiger partial charge in [-0.2, -0.15) is 0 Å². The Labute approximate surface area is 59.9 Å². The van der Waals surface area contributed by atoms with E-state index in [1.165, 1.54) is 0 Å². The summed E-state index contributed by atoms with van der Waals surface area (Å²) in [7, 11) is 3.67. The lowest BCUT2D eigenvalue weighted by molar-refractivity contribution is 0.757. The van der Waals surface area contributed by atoms with Crippen molar-refractivity contribution < 1.29 is 0 Å². The zero-order chi connectivity index (χ0) is 7.40. The highest BCUT2D eigenvalue weighted by atomic mass is 15.5. The summed E-state index contributed by atoms with van der Waals surface area (Å²) >= 11 is 0. The molecule has 0 bridgehead atoms. The first-order valence-electron chi connectivity index (χ1n) is 3.02. The van der Waals surface area contributed by atoms with Crippen molar-refractivity contribution in [3.05, 3.63) is 18.5 Å². The van der Waals surface area contributed by atoms with E-state index >= 15 is 0 Å². The van der Waals surface area contributed by atoms with Crippen LogP contribution in [0.15, 0.2) is 18.5 Å². The maximum absolute atomic E-state index is 4.00. The third-order valence-electron chi connectivity index (χ3n) is 1.19. The van der Waals surface area contributed by atoms with Crippen LogP contribution in [0.4, 0.5) is 5.95 Å². The van der Waals surface area contributed by atoms with Gasteiger partial charge in [-0.25, -0.2) is 15.4 Å². The summed E-state index contributed by atoms with van der Waals surface area (Å²) in [5.74, 6) is 0.671. The number of hydrogen-bond acceptors (Lipinski definition) is 4. The number of rotatable bonds is 2. The van der Waals surface area contributed by atoms with Crippen molar-refractivity contribution in [1.29, 1.82) is 0 Å². The van der Waals surface area contributed by atoms with E-state index in [4.69, 9.17) is 0 Å². The van der Waals surface area contributed by atoms with Crippen molar-refractivity contribution >= 4 is 5.95 Å². The van der Waals surface area contributed by atoms with E-state index in [2.05, 4.69) is 15.4 Å². The van der Waals surface area contributed by atoms with Gasteiger partial charge in [-0.15, -0.1) is 0 Å². The van der Waals surface area contributed by atoms with E-state index in [0.29, 0.717) is 5.95 Å². The third kappa shape index (κ3) is 1.41. The largest absolute Gasteiger partial charge is 0.279 e. The molecule has 0 aliphatic heterocycles. The minimum atomic E-state index is 0.671. The molecule has 0 aliphatic rings. The summed E-state index contributed by atoms with van der Waals surface area (Å²) in [6.07, 6.45) is 3.41. The number of hydrazine groups is 1. The van der Waals surface area contributed by atoms with Crippen LogP contribution in [0.2, 0.25) is 0 Å². The van der Waals surface area contributed by atoms with Gasteiger partial charge >= 0.3 is 0 Å². The van der Waals surface area contributed by atoms with E-state index in [0.717, 1.165) is 0 Å². The molecule has 0 unspecified atom stereocenters. The Balaban J connectivity index is 2.75. The molecule has 10 heavy (non-hydrogen) atoms. The average Bonchev–Trinajstić information content (AvgIpc) is 2.05. The van der Waals surface area contributed by atoms with Crippen molar-refractivity contribution in [2.45, 2.75) is 0 Å². The Bertz CT molecular complexity index is 186. The van der Waals surface area contributed by atoms with Gasteiger partial charge in [0, 0.05) is 26.5 Å². The Morgan fingerprint density at radius 1 is 1.40 bits per heavy atom. The van der Waals surface area contributed by atoms with Crippen LogP contribution in [0, 0.1) is 0 Å². The molecule has 0 fully saturated rings. The first-order valence-corrected chi connectivity index (χ1v) is 3.02. The molecule has 4 heteroatoms. The van der Waals surface area contributed by atoms with Gasteiger partial charge in [0.05, 0.1) is 0 Å².